The van der Waals surface area contributed by atoms with Crippen molar-refractivity contribution in [2.24, 2.45) is 0 Å². The zero-order chi connectivity index (χ0) is 13.1. The minimum atomic E-state index is -0.285. The minimum Gasteiger partial charge on any atom is -0.454 e. The van der Waals surface area contributed by atoms with Crippen LogP contribution in [0.2, 0.25) is 0 Å². The van der Waals surface area contributed by atoms with Crippen molar-refractivity contribution in [1.82, 2.24) is 15.3 Å². The third-order valence-electron chi connectivity index (χ3n) is 3.12. The summed E-state index contributed by atoms with van der Waals surface area (Å²) in [5.41, 5.74) is 0. The van der Waals surface area contributed by atoms with Gasteiger partial charge in [-0.3, -0.25) is 0 Å². The van der Waals surface area contributed by atoms with Crippen molar-refractivity contribution < 1.29 is 9.13 Å². The fraction of sp³-hybridized carbons (Fsp3) is 0.286. The normalized spacial score (nSPS) is 18.5. The summed E-state index contributed by atoms with van der Waals surface area (Å²) in [5, 5.41) is 3.28. The zero-order valence-corrected chi connectivity index (χ0v) is 10.3. The molecule has 1 aromatic carbocycles. The summed E-state index contributed by atoms with van der Waals surface area (Å²) in [4.78, 5) is 8.65. The number of aromatic nitrogens is 2. The molecule has 1 saturated heterocycles. The highest BCUT2D eigenvalue weighted by atomic mass is 19.1. The summed E-state index contributed by atoms with van der Waals surface area (Å²) in [7, 11) is 0. The summed E-state index contributed by atoms with van der Waals surface area (Å²) >= 11 is 0. The fourth-order valence-corrected chi connectivity index (χ4v) is 2.10. The Morgan fingerprint density at radius 3 is 2.47 bits per heavy atom. The highest BCUT2D eigenvalue weighted by Crippen LogP contribution is 2.22. The number of halogens is 1. The van der Waals surface area contributed by atoms with Gasteiger partial charge in [-0.15, -0.1) is 0 Å². The minimum absolute atomic E-state index is 0.285. The molecule has 3 rings (SSSR count). The smallest absolute Gasteiger partial charge is 0.164 e. The van der Waals surface area contributed by atoms with Gasteiger partial charge in [0, 0.05) is 12.5 Å². The van der Waals surface area contributed by atoms with Crippen molar-refractivity contribution in [1.29, 1.82) is 0 Å². The molecule has 1 aliphatic rings. The second-order valence-electron chi connectivity index (χ2n) is 4.52. The van der Waals surface area contributed by atoms with Crippen molar-refractivity contribution in [2.75, 3.05) is 13.1 Å². The second-order valence-corrected chi connectivity index (χ2v) is 4.52. The molecule has 5 heteroatoms. The van der Waals surface area contributed by atoms with Gasteiger partial charge in [-0.05, 0) is 37.2 Å². The number of nitrogens with zero attached hydrogens (tertiary/aromatic N) is 2. The topological polar surface area (TPSA) is 47.0 Å². The third-order valence-corrected chi connectivity index (χ3v) is 3.12. The molecule has 0 bridgehead atoms. The molecule has 1 fully saturated rings. The van der Waals surface area contributed by atoms with Gasteiger partial charge in [-0.1, -0.05) is 0 Å². The largest absolute Gasteiger partial charge is 0.454 e. The van der Waals surface area contributed by atoms with Crippen molar-refractivity contribution in [3.8, 4) is 11.5 Å². The van der Waals surface area contributed by atoms with Gasteiger partial charge in [-0.25, -0.2) is 14.4 Å². The molecule has 1 unspecified atom stereocenters. The molecule has 1 N–H and O–H groups in total. The number of hydrogen-bond acceptors (Lipinski definition) is 4. The Kier molecular flexibility index (Phi) is 3.37. The number of ether oxygens (including phenoxy) is 1. The zero-order valence-electron chi connectivity index (χ0n) is 10.3. The molecule has 98 valence electrons. The van der Waals surface area contributed by atoms with E-state index < -0.39 is 0 Å². The second kappa shape index (κ2) is 5.32. The molecule has 1 aromatic heterocycles. The first-order valence-electron chi connectivity index (χ1n) is 6.27. The van der Waals surface area contributed by atoms with E-state index in [4.69, 9.17) is 4.74 Å². The Bertz CT molecular complexity index is 536. The fourth-order valence-electron chi connectivity index (χ4n) is 2.10. The summed E-state index contributed by atoms with van der Waals surface area (Å²) in [6, 6.07) is 5.86. The average Bonchev–Trinajstić information content (AvgIpc) is 2.96. The Labute approximate surface area is 110 Å². The molecule has 0 saturated carbocycles. The van der Waals surface area contributed by atoms with E-state index in [9.17, 15) is 4.39 Å². The summed E-state index contributed by atoms with van der Waals surface area (Å²) in [5.74, 6) is 2.07. The van der Waals surface area contributed by atoms with Gasteiger partial charge in [0.15, 0.2) is 5.75 Å². The van der Waals surface area contributed by atoms with Crippen molar-refractivity contribution in [3.05, 3.63) is 48.3 Å². The van der Waals surface area contributed by atoms with Crippen LogP contribution in [-0.2, 0) is 0 Å². The highest BCUT2D eigenvalue weighted by molar-refractivity contribution is 5.28. The van der Waals surface area contributed by atoms with E-state index in [1.54, 1.807) is 24.5 Å². The van der Waals surface area contributed by atoms with Gasteiger partial charge in [0.25, 0.3) is 0 Å². The monoisotopic (exact) mass is 259 g/mol. The van der Waals surface area contributed by atoms with Crippen LogP contribution in [0.4, 0.5) is 4.39 Å². The van der Waals surface area contributed by atoms with E-state index in [0.29, 0.717) is 17.4 Å². The van der Waals surface area contributed by atoms with Crippen molar-refractivity contribution >= 4 is 0 Å². The Morgan fingerprint density at radius 1 is 1.11 bits per heavy atom. The maximum atomic E-state index is 12.8. The molecule has 19 heavy (non-hydrogen) atoms. The van der Waals surface area contributed by atoms with Gasteiger partial charge < -0.3 is 10.1 Å². The SMILES string of the molecule is Fc1ccc(Oc2cnc(C3CCNC3)nc2)cc1. The first-order valence-corrected chi connectivity index (χ1v) is 6.27. The van der Waals surface area contributed by atoms with Crippen molar-refractivity contribution in [3.63, 3.8) is 0 Å². The Morgan fingerprint density at radius 2 is 1.84 bits per heavy atom. The molecule has 0 amide bonds. The van der Waals surface area contributed by atoms with Gasteiger partial charge in [0.2, 0.25) is 0 Å². The third kappa shape index (κ3) is 2.88. The van der Waals surface area contributed by atoms with E-state index in [0.717, 1.165) is 25.3 Å². The average molecular weight is 259 g/mol. The lowest BCUT2D eigenvalue weighted by Crippen LogP contribution is -2.10. The summed E-state index contributed by atoms with van der Waals surface area (Å²) in [6.45, 7) is 1.94. The van der Waals surface area contributed by atoms with Crippen LogP contribution in [0.5, 0.6) is 11.5 Å². The predicted octanol–water partition coefficient (Wildman–Crippen LogP) is 2.48. The first-order chi connectivity index (χ1) is 9.31. The molecule has 1 atom stereocenters. The predicted molar refractivity (Wildman–Crippen MR) is 68.7 cm³/mol. The van der Waals surface area contributed by atoms with E-state index in [-0.39, 0.29) is 5.82 Å². The number of benzene rings is 1. The molecular weight excluding hydrogens is 245 g/mol. The molecule has 0 radical (unpaired) electrons. The molecule has 4 nitrogen and oxygen atoms in total. The van der Waals surface area contributed by atoms with E-state index in [1.165, 1.54) is 12.1 Å². The molecule has 2 aromatic rings. The molecular formula is C14H14FN3O. The van der Waals surface area contributed by atoms with Gasteiger partial charge in [-0.2, -0.15) is 0 Å². The van der Waals surface area contributed by atoms with Crippen LogP contribution >= 0.6 is 0 Å². The maximum absolute atomic E-state index is 12.8. The Balaban J connectivity index is 1.70. The lowest BCUT2D eigenvalue weighted by Gasteiger charge is -2.08. The summed E-state index contributed by atoms with van der Waals surface area (Å²) < 4.78 is 18.3. The maximum Gasteiger partial charge on any atom is 0.164 e. The lowest BCUT2D eigenvalue weighted by atomic mass is 10.1. The quantitative estimate of drug-likeness (QED) is 0.920. The van der Waals surface area contributed by atoms with E-state index >= 15 is 0 Å². The van der Waals surface area contributed by atoms with Crippen LogP contribution in [-0.4, -0.2) is 23.1 Å². The number of nitrogens with one attached hydrogen (secondary N) is 1. The molecule has 0 spiro atoms. The summed E-state index contributed by atoms with van der Waals surface area (Å²) in [6.07, 6.45) is 4.38. The van der Waals surface area contributed by atoms with Crippen LogP contribution in [0.25, 0.3) is 0 Å². The molecule has 2 heterocycles. The number of rotatable bonds is 3. The first kappa shape index (κ1) is 12.0. The van der Waals surface area contributed by atoms with Crippen LogP contribution in [0, 0.1) is 5.82 Å². The molecule has 1 aliphatic heterocycles. The van der Waals surface area contributed by atoms with Crippen LogP contribution in [0.15, 0.2) is 36.7 Å². The van der Waals surface area contributed by atoms with E-state index in [2.05, 4.69) is 15.3 Å². The van der Waals surface area contributed by atoms with Crippen LogP contribution in [0.3, 0.4) is 0 Å². The van der Waals surface area contributed by atoms with Gasteiger partial charge in [0.05, 0.1) is 12.4 Å². The Hall–Kier alpha value is -2.01. The van der Waals surface area contributed by atoms with Crippen LogP contribution in [0.1, 0.15) is 18.2 Å². The standard InChI is InChI=1S/C14H14FN3O/c15-11-1-3-12(4-2-11)19-13-8-17-14(18-9-13)10-5-6-16-7-10/h1-4,8-10,16H,5-7H2. The van der Waals surface area contributed by atoms with Crippen LogP contribution < -0.4 is 10.1 Å². The lowest BCUT2D eigenvalue weighted by molar-refractivity contribution is 0.473. The van der Waals surface area contributed by atoms with Gasteiger partial charge >= 0.3 is 0 Å². The number of hydrogen-bond donors (Lipinski definition) is 1. The molecule has 0 aliphatic carbocycles. The van der Waals surface area contributed by atoms with Gasteiger partial charge in [0.1, 0.15) is 17.4 Å². The van der Waals surface area contributed by atoms with E-state index in [1.807, 2.05) is 0 Å². The van der Waals surface area contributed by atoms with Crippen molar-refractivity contribution in [2.45, 2.75) is 12.3 Å². The highest BCUT2D eigenvalue weighted by Gasteiger charge is 2.18.